The van der Waals surface area contributed by atoms with Gasteiger partial charge in [-0.15, -0.1) is 0 Å². The van der Waals surface area contributed by atoms with Gasteiger partial charge in [-0.2, -0.15) is 0 Å². The molecule has 0 aliphatic heterocycles. The van der Waals surface area contributed by atoms with Crippen molar-refractivity contribution in [2.24, 2.45) is 5.16 Å². The molecule has 0 unspecified atom stereocenters. The molecule has 1 N–H and O–H groups in total. The first kappa shape index (κ1) is 17.1. The van der Waals surface area contributed by atoms with Crippen LogP contribution in [0.4, 0.5) is 0 Å². The number of nitrogens with zero attached hydrogens (tertiary/aromatic N) is 1. The summed E-state index contributed by atoms with van der Waals surface area (Å²) >= 11 is 16.2. The van der Waals surface area contributed by atoms with Gasteiger partial charge in [0.2, 0.25) is 0 Å². The van der Waals surface area contributed by atoms with Crippen LogP contribution in [-0.2, 0) is 6.61 Å². The molecular weight excluding hydrogens is 539 g/mol. The average molecular weight is 548 g/mol. The molecule has 3 nitrogen and oxygen atoms in total. The highest BCUT2D eigenvalue weighted by atomic mass is 127. The highest BCUT2D eigenvalue weighted by Gasteiger charge is 2.09. The van der Waals surface area contributed by atoms with Crippen LogP contribution in [0, 0.1) is 7.14 Å². The lowest BCUT2D eigenvalue weighted by Gasteiger charge is -2.11. The van der Waals surface area contributed by atoms with E-state index >= 15 is 0 Å². The van der Waals surface area contributed by atoms with Gasteiger partial charge in [0.25, 0.3) is 0 Å². The topological polar surface area (TPSA) is 41.8 Å². The van der Waals surface area contributed by atoms with Crippen LogP contribution in [0.2, 0.25) is 10.0 Å². The van der Waals surface area contributed by atoms with Crippen molar-refractivity contribution in [1.82, 2.24) is 0 Å². The van der Waals surface area contributed by atoms with E-state index < -0.39 is 0 Å². The number of hydrogen-bond donors (Lipinski definition) is 1. The molecule has 7 heteroatoms. The minimum absolute atomic E-state index is 0.399. The van der Waals surface area contributed by atoms with Gasteiger partial charge in [-0.1, -0.05) is 34.4 Å². The number of halogens is 4. The van der Waals surface area contributed by atoms with Crippen LogP contribution in [0.25, 0.3) is 0 Å². The Morgan fingerprint density at radius 1 is 1.10 bits per heavy atom. The van der Waals surface area contributed by atoms with Crippen LogP contribution in [-0.4, -0.2) is 11.4 Å². The van der Waals surface area contributed by atoms with E-state index in [1.54, 1.807) is 12.1 Å². The first-order valence-electron chi connectivity index (χ1n) is 5.74. The summed E-state index contributed by atoms with van der Waals surface area (Å²) in [5.41, 5.74) is 1.75. The maximum Gasteiger partial charge on any atom is 0.146 e. The molecule has 0 aliphatic carbocycles. The quantitative estimate of drug-likeness (QED) is 0.235. The van der Waals surface area contributed by atoms with Crippen molar-refractivity contribution in [3.05, 3.63) is 58.6 Å². The predicted molar refractivity (Wildman–Crippen MR) is 102 cm³/mol. The Hall–Kier alpha value is -0.250. The monoisotopic (exact) mass is 547 g/mol. The summed E-state index contributed by atoms with van der Waals surface area (Å²) in [5, 5.41) is 12.6. The molecule has 0 aromatic heterocycles. The summed E-state index contributed by atoms with van der Waals surface area (Å²) in [6.45, 7) is 0.399. The summed E-state index contributed by atoms with van der Waals surface area (Å²) in [6, 6.07) is 9.18. The van der Waals surface area contributed by atoms with Crippen molar-refractivity contribution in [2.45, 2.75) is 6.61 Å². The minimum atomic E-state index is 0.399. The van der Waals surface area contributed by atoms with Gasteiger partial charge in [0.15, 0.2) is 0 Å². The van der Waals surface area contributed by atoms with Crippen LogP contribution >= 0.6 is 68.4 Å². The maximum absolute atomic E-state index is 8.58. The second-order valence-electron chi connectivity index (χ2n) is 4.10. The van der Waals surface area contributed by atoms with E-state index in [0.29, 0.717) is 16.7 Å². The third kappa shape index (κ3) is 4.61. The predicted octanol–water partition coefficient (Wildman–Crippen LogP) is 5.59. The molecule has 0 saturated carbocycles. The zero-order valence-electron chi connectivity index (χ0n) is 10.5. The van der Waals surface area contributed by atoms with Gasteiger partial charge in [0.1, 0.15) is 12.4 Å². The summed E-state index contributed by atoms with van der Waals surface area (Å²) in [4.78, 5) is 0. The Labute approximate surface area is 159 Å². The fourth-order valence-corrected chi connectivity index (χ4v) is 4.09. The first-order valence-corrected chi connectivity index (χ1v) is 8.66. The van der Waals surface area contributed by atoms with Crippen molar-refractivity contribution >= 4 is 74.6 Å². The molecule has 0 bridgehead atoms. The third-order valence-corrected chi connectivity index (χ3v) is 4.94. The molecule has 0 saturated heterocycles. The molecule has 0 atom stereocenters. The lowest BCUT2D eigenvalue weighted by atomic mass is 10.2. The van der Waals surface area contributed by atoms with E-state index in [1.807, 2.05) is 18.2 Å². The van der Waals surface area contributed by atoms with Crippen molar-refractivity contribution in [2.75, 3.05) is 0 Å². The van der Waals surface area contributed by atoms with Crippen LogP contribution in [0.1, 0.15) is 11.1 Å². The van der Waals surface area contributed by atoms with E-state index in [4.69, 9.17) is 33.1 Å². The Morgan fingerprint density at radius 2 is 1.76 bits per heavy atom. The highest BCUT2D eigenvalue weighted by Crippen LogP contribution is 2.30. The van der Waals surface area contributed by atoms with Gasteiger partial charge in [-0.3, -0.25) is 0 Å². The molecule has 0 radical (unpaired) electrons. The average Bonchev–Trinajstić information content (AvgIpc) is 2.42. The molecular formula is C14H9Cl2I2NO2. The largest absolute Gasteiger partial charge is 0.487 e. The van der Waals surface area contributed by atoms with E-state index in [9.17, 15) is 0 Å². The molecule has 0 aliphatic rings. The van der Waals surface area contributed by atoms with Gasteiger partial charge in [-0.25, -0.2) is 0 Å². The number of oxime groups is 1. The van der Waals surface area contributed by atoms with Crippen molar-refractivity contribution in [3.8, 4) is 5.75 Å². The molecule has 0 amide bonds. The van der Waals surface area contributed by atoms with Gasteiger partial charge >= 0.3 is 0 Å². The molecule has 0 heterocycles. The normalized spacial score (nSPS) is 11.0. The lowest BCUT2D eigenvalue weighted by Crippen LogP contribution is -2.00. The van der Waals surface area contributed by atoms with Crippen LogP contribution in [0.3, 0.4) is 0 Å². The molecule has 2 aromatic carbocycles. The van der Waals surface area contributed by atoms with Crippen molar-refractivity contribution in [1.29, 1.82) is 0 Å². The Kier molecular flexibility index (Phi) is 6.39. The van der Waals surface area contributed by atoms with Crippen LogP contribution in [0.5, 0.6) is 5.75 Å². The lowest BCUT2D eigenvalue weighted by molar-refractivity contribution is 0.301. The standard InChI is InChI=1S/C14H9Cl2I2NO2/c15-10-2-1-8(3-11(10)16)7-21-14-12(17)4-9(6-19-20)5-13(14)18/h1-6,20H,7H2/b19-6-. The SMILES string of the molecule is O/N=C\c1cc(I)c(OCc2ccc(Cl)c(Cl)c2)c(I)c1. The number of rotatable bonds is 4. The minimum Gasteiger partial charge on any atom is -0.487 e. The number of hydrogen-bond acceptors (Lipinski definition) is 3. The Balaban J connectivity index is 2.18. The summed E-state index contributed by atoms with van der Waals surface area (Å²) in [5.74, 6) is 0.789. The Morgan fingerprint density at radius 3 is 2.33 bits per heavy atom. The number of benzene rings is 2. The fraction of sp³-hybridized carbons (Fsp3) is 0.0714. The zero-order valence-corrected chi connectivity index (χ0v) is 16.3. The van der Waals surface area contributed by atoms with E-state index in [1.165, 1.54) is 6.21 Å². The second kappa shape index (κ2) is 7.85. The molecule has 0 fully saturated rings. The highest BCUT2D eigenvalue weighted by molar-refractivity contribution is 14.1. The zero-order chi connectivity index (χ0) is 15.4. The fourth-order valence-electron chi connectivity index (χ4n) is 1.64. The van der Waals surface area contributed by atoms with E-state index in [0.717, 1.165) is 24.0 Å². The van der Waals surface area contributed by atoms with E-state index in [2.05, 4.69) is 50.3 Å². The van der Waals surface area contributed by atoms with Crippen molar-refractivity contribution < 1.29 is 9.94 Å². The van der Waals surface area contributed by atoms with Gasteiger partial charge in [0, 0.05) is 0 Å². The maximum atomic E-state index is 8.58. The molecule has 0 spiro atoms. The first-order chi connectivity index (χ1) is 10.0. The Bertz CT molecular complexity index is 670. The van der Waals surface area contributed by atoms with Gasteiger partial charge < -0.3 is 9.94 Å². The smallest absolute Gasteiger partial charge is 0.146 e. The summed E-state index contributed by atoms with van der Waals surface area (Å²) in [7, 11) is 0. The molecule has 21 heavy (non-hydrogen) atoms. The van der Waals surface area contributed by atoms with Crippen molar-refractivity contribution in [3.63, 3.8) is 0 Å². The van der Waals surface area contributed by atoms with Gasteiger partial charge in [-0.05, 0) is 80.6 Å². The number of ether oxygens (including phenoxy) is 1. The third-order valence-electron chi connectivity index (χ3n) is 2.59. The summed E-state index contributed by atoms with van der Waals surface area (Å²) in [6.07, 6.45) is 1.38. The second-order valence-corrected chi connectivity index (χ2v) is 7.23. The van der Waals surface area contributed by atoms with Crippen LogP contribution in [0.15, 0.2) is 35.5 Å². The summed E-state index contributed by atoms with van der Waals surface area (Å²) < 4.78 is 7.74. The van der Waals surface area contributed by atoms with E-state index in [-0.39, 0.29) is 0 Å². The van der Waals surface area contributed by atoms with Gasteiger partial charge in [0.05, 0.1) is 23.4 Å². The molecule has 2 rings (SSSR count). The molecule has 2 aromatic rings. The van der Waals surface area contributed by atoms with Crippen LogP contribution < -0.4 is 4.74 Å². The molecule has 110 valence electrons.